The van der Waals surface area contributed by atoms with Gasteiger partial charge in [-0.05, 0) is 43.9 Å². The van der Waals surface area contributed by atoms with E-state index in [1.54, 1.807) is 6.08 Å². The minimum absolute atomic E-state index is 0.199. The van der Waals surface area contributed by atoms with Crippen LogP contribution in [0, 0.1) is 17.3 Å². The summed E-state index contributed by atoms with van der Waals surface area (Å²) in [6.07, 6.45) is 4.21. The lowest BCUT2D eigenvalue weighted by atomic mass is 9.81. The molecule has 2 aliphatic carbocycles. The monoisotopic (exact) mass is 261 g/mol. The molecule has 3 heteroatoms. The van der Waals surface area contributed by atoms with Gasteiger partial charge in [0.05, 0.1) is 5.71 Å². The van der Waals surface area contributed by atoms with E-state index in [4.69, 9.17) is 9.73 Å². The van der Waals surface area contributed by atoms with Crippen molar-refractivity contribution in [2.45, 2.75) is 58.1 Å². The van der Waals surface area contributed by atoms with Crippen molar-refractivity contribution in [1.82, 2.24) is 0 Å². The Hall–Kier alpha value is -1.12. The third kappa shape index (κ3) is 1.63. The number of carbonyl (C=O) groups excluding carboxylic acids is 1. The summed E-state index contributed by atoms with van der Waals surface area (Å²) in [5.41, 5.74) is 0.238. The lowest BCUT2D eigenvalue weighted by molar-refractivity contribution is -0.161. The van der Waals surface area contributed by atoms with Crippen LogP contribution in [0.1, 0.15) is 47.0 Å². The fourth-order valence-corrected chi connectivity index (χ4v) is 3.96. The van der Waals surface area contributed by atoms with Crippen molar-refractivity contribution in [1.29, 1.82) is 0 Å². The lowest BCUT2D eigenvalue weighted by Crippen LogP contribution is -2.54. The van der Waals surface area contributed by atoms with E-state index in [2.05, 4.69) is 20.4 Å². The topological polar surface area (TPSA) is 38.7 Å². The minimum Gasteiger partial charge on any atom is -0.451 e. The van der Waals surface area contributed by atoms with Gasteiger partial charge in [0.1, 0.15) is 5.60 Å². The number of fused-ring (bicyclic) bond motifs is 2. The van der Waals surface area contributed by atoms with Crippen LogP contribution in [0.3, 0.4) is 0 Å². The molecule has 0 aromatic heterocycles. The van der Waals surface area contributed by atoms with Gasteiger partial charge in [-0.15, -0.1) is 6.58 Å². The van der Waals surface area contributed by atoms with Crippen molar-refractivity contribution in [3.8, 4) is 0 Å². The molecule has 3 nitrogen and oxygen atoms in total. The summed E-state index contributed by atoms with van der Waals surface area (Å²) in [6, 6.07) is 0. The number of hydrogen-bond donors (Lipinski definition) is 0. The van der Waals surface area contributed by atoms with E-state index in [1.165, 1.54) is 0 Å². The Morgan fingerprint density at radius 1 is 1.37 bits per heavy atom. The Labute approximate surface area is 115 Å². The van der Waals surface area contributed by atoms with Crippen LogP contribution in [-0.2, 0) is 9.53 Å². The largest absolute Gasteiger partial charge is 0.451 e. The Bertz CT molecular complexity index is 493. The molecule has 0 N–H and O–H groups in total. The summed E-state index contributed by atoms with van der Waals surface area (Å²) in [7, 11) is 0. The third-order valence-electron chi connectivity index (χ3n) is 5.60. The van der Waals surface area contributed by atoms with Crippen LogP contribution in [-0.4, -0.2) is 22.8 Å². The highest BCUT2D eigenvalue weighted by Crippen LogP contribution is 2.66. The number of ether oxygens (including phenoxy) is 1. The van der Waals surface area contributed by atoms with Gasteiger partial charge in [-0.25, -0.2) is 4.79 Å². The number of esters is 1. The molecular formula is C16H23NO2. The summed E-state index contributed by atoms with van der Waals surface area (Å²) >= 11 is 0. The van der Waals surface area contributed by atoms with Crippen molar-refractivity contribution in [2.24, 2.45) is 22.2 Å². The number of nitrogens with zero attached hydrogens (tertiary/aromatic N) is 1. The zero-order valence-corrected chi connectivity index (χ0v) is 12.3. The molecule has 0 saturated heterocycles. The van der Waals surface area contributed by atoms with E-state index < -0.39 is 11.1 Å². The quantitative estimate of drug-likeness (QED) is 0.566. The molecule has 3 rings (SSSR count). The molecule has 0 unspecified atom stereocenters. The molecule has 1 heterocycles. The molecular weight excluding hydrogens is 238 g/mol. The van der Waals surface area contributed by atoms with Crippen molar-refractivity contribution in [3.63, 3.8) is 0 Å². The zero-order valence-electron chi connectivity index (χ0n) is 12.3. The summed E-state index contributed by atoms with van der Waals surface area (Å²) in [5, 5.41) is 0. The fourth-order valence-electron chi connectivity index (χ4n) is 3.96. The number of hydrogen-bond acceptors (Lipinski definition) is 3. The van der Waals surface area contributed by atoms with Gasteiger partial charge in [0.25, 0.3) is 0 Å². The van der Waals surface area contributed by atoms with Crippen molar-refractivity contribution < 1.29 is 9.53 Å². The van der Waals surface area contributed by atoms with Gasteiger partial charge in [-0.2, -0.15) is 0 Å². The maximum atomic E-state index is 12.3. The molecule has 0 aromatic carbocycles. The lowest BCUT2D eigenvalue weighted by Gasteiger charge is -2.42. The molecule has 4 atom stereocenters. The fraction of sp³-hybridized carbons (Fsp3) is 0.750. The second-order valence-electron chi connectivity index (χ2n) is 7.39. The molecule has 0 radical (unpaired) electrons. The molecule has 19 heavy (non-hydrogen) atoms. The van der Waals surface area contributed by atoms with Crippen LogP contribution in [0.15, 0.2) is 17.6 Å². The molecule has 0 bridgehead atoms. The van der Waals surface area contributed by atoms with Gasteiger partial charge in [0.15, 0.2) is 5.54 Å². The van der Waals surface area contributed by atoms with Gasteiger partial charge in [0.2, 0.25) is 0 Å². The van der Waals surface area contributed by atoms with Gasteiger partial charge < -0.3 is 4.74 Å². The zero-order chi connectivity index (χ0) is 14.1. The number of aliphatic imine (C=N–C) groups is 1. The van der Waals surface area contributed by atoms with Crippen LogP contribution in [0.25, 0.3) is 0 Å². The van der Waals surface area contributed by atoms with E-state index in [0.717, 1.165) is 18.6 Å². The Morgan fingerprint density at radius 2 is 2.05 bits per heavy atom. The van der Waals surface area contributed by atoms with E-state index in [0.29, 0.717) is 23.7 Å². The van der Waals surface area contributed by atoms with E-state index in [9.17, 15) is 4.79 Å². The average molecular weight is 261 g/mol. The first-order valence-electron chi connectivity index (χ1n) is 7.16. The molecule has 2 fully saturated rings. The van der Waals surface area contributed by atoms with Gasteiger partial charge in [0, 0.05) is 6.42 Å². The Balaban J connectivity index is 1.97. The first-order valence-corrected chi connectivity index (χ1v) is 7.16. The van der Waals surface area contributed by atoms with E-state index in [-0.39, 0.29) is 5.97 Å². The SMILES string of the molecule is C=CC[C@]1(C)N=C2C[C@@H]3[C@H](C[C@]2(C)OC1=O)C3(C)C. The predicted molar refractivity (Wildman–Crippen MR) is 75.1 cm³/mol. The van der Waals surface area contributed by atoms with Crippen LogP contribution in [0.4, 0.5) is 0 Å². The predicted octanol–water partition coefficient (Wildman–Crippen LogP) is 3.14. The Kier molecular flexibility index (Phi) is 2.37. The van der Waals surface area contributed by atoms with Crippen molar-refractivity contribution in [3.05, 3.63) is 12.7 Å². The first kappa shape index (κ1) is 12.9. The highest BCUT2D eigenvalue weighted by atomic mass is 16.6. The molecule has 1 aliphatic heterocycles. The molecule has 0 aromatic rings. The smallest absolute Gasteiger partial charge is 0.334 e. The second-order valence-corrected chi connectivity index (χ2v) is 7.39. The normalized spacial score (nSPS) is 46.5. The summed E-state index contributed by atoms with van der Waals surface area (Å²) < 4.78 is 5.82. The van der Waals surface area contributed by atoms with Crippen LogP contribution >= 0.6 is 0 Å². The second kappa shape index (κ2) is 3.50. The van der Waals surface area contributed by atoms with Crippen LogP contribution < -0.4 is 0 Å². The summed E-state index contributed by atoms with van der Waals surface area (Å²) in [4.78, 5) is 17.1. The average Bonchev–Trinajstić information content (AvgIpc) is 2.79. The van der Waals surface area contributed by atoms with Crippen LogP contribution in [0.5, 0.6) is 0 Å². The van der Waals surface area contributed by atoms with E-state index >= 15 is 0 Å². The molecule has 2 saturated carbocycles. The highest BCUT2D eigenvalue weighted by Gasteiger charge is 2.65. The molecule has 0 spiro atoms. The summed E-state index contributed by atoms with van der Waals surface area (Å²) in [6.45, 7) is 12.2. The maximum Gasteiger partial charge on any atom is 0.334 e. The standard InChI is InChI=1S/C16H23NO2/c1-6-7-15(4)13(18)19-16(5)9-11-10(14(11,2)3)8-12(16)17-15/h6,10-11H,1,7-9H2,2-5H3/t10-,11+,15+,16+/m1/s1. The Morgan fingerprint density at radius 3 is 2.68 bits per heavy atom. The first-order chi connectivity index (χ1) is 8.73. The van der Waals surface area contributed by atoms with Crippen LogP contribution in [0.2, 0.25) is 0 Å². The van der Waals surface area contributed by atoms with Crippen molar-refractivity contribution in [2.75, 3.05) is 0 Å². The van der Waals surface area contributed by atoms with Gasteiger partial charge >= 0.3 is 5.97 Å². The van der Waals surface area contributed by atoms with Gasteiger partial charge in [-0.3, -0.25) is 4.99 Å². The maximum absolute atomic E-state index is 12.3. The number of carbonyl (C=O) groups is 1. The molecule has 3 aliphatic rings. The third-order valence-corrected chi connectivity index (χ3v) is 5.60. The minimum atomic E-state index is -0.761. The molecule has 0 amide bonds. The molecule has 104 valence electrons. The highest BCUT2D eigenvalue weighted by molar-refractivity contribution is 6.01. The van der Waals surface area contributed by atoms with Crippen molar-refractivity contribution >= 4 is 11.7 Å². The van der Waals surface area contributed by atoms with E-state index in [1.807, 2.05) is 13.8 Å². The van der Waals surface area contributed by atoms with Gasteiger partial charge in [-0.1, -0.05) is 19.9 Å². The summed E-state index contributed by atoms with van der Waals surface area (Å²) in [5.74, 6) is 1.19. The number of rotatable bonds is 2.